The second-order valence-corrected chi connectivity index (χ2v) is 11.0. The van der Waals surface area contributed by atoms with Gasteiger partial charge in [-0.2, -0.15) is 4.31 Å². The van der Waals surface area contributed by atoms with Crippen LogP contribution in [0.15, 0.2) is 41.3 Å². The van der Waals surface area contributed by atoms with Gasteiger partial charge in [-0.1, -0.05) is 12.1 Å². The van der Waals surface area contributed by atoms with Crippen molar-refractivity contribution in [1.82, 2.24) is 14.1 Å². The highest BCUT2D eigenvalue weighted by Crippen LogP contribution is 2.33. The van der Waals surface area contributed by atoms with Gasteiger partial charge in [-0.25, -0.2) is 8.42 Å². The lowest BCUT2D eigenvalue weighted by Gasteiger charge is -2.34. The molecule has 1 amide bonds. The highest BCUT2D eigenvalue weighted by Gasteiger charge is 2.30. The first-order valence-electron chi connectivity index (χ1n) is 11.9. The molecule has 34 heavy (non-hydrogen) atoms. The number of likely N-dealkylation sites (N-methyl/N-ethyl adjacent to an activating group) is 1. The normalized spacial score (nSPS) is 18.1. The van der Waals surface area contributed by atoms with Crippen molar-refractivity contribution in [3.05, 3.63) is 53.1 Å². The summed E-state index contributed by atoms with van der Waals surface area (Å²) in [5.74, 6) is 1.47. The van der Waals surface area contributed by atoms with Gasteiger partial charge in [0.25, 0.3) is 0 Å². The van der Waals surface area contributed by atoms with Crippen LogP contribution in [0.25, 0.3) is 0 Å². The third-order valence-electron chi connectivity index (χ3n) is 6.94. The molecule has 0 radical (unpaired) electrons. The summed E-state index contributed by atoms with van der Waals surface area (Å²) in [6.07, 6.45) is 3.08. The summed E-state index contributed by atoms with van der Waals surface area (Å²) in [7, 11) is -3.51. The Labute approximate surface area is 201 Å². The number of ether oxygens (including phenoxy) is 2. The van der Waals surface area contributed by atoms with E-state index >= 15 is 0 Å². The SMILES string of the molecule is CCN(Cc1ccc2c(c1)OCO2)C(=O)CN1CCN(S(=O)(=O)c2ccc3c(c2)CCC3)CC1. The zero-order valence-electron chi connectivity index (χ0n) is 19.5. The molecule has 5 rings (SSSR count). The predicted molar refractivity (Wildman–Crippen MR) is 127 cm³/mol. The smallest absolute Gasteiger partial charge is 0.243 e. The Morgan fingerprint density at radius 2 is 1.74 bits per heavy atom. The molecule has 0 N–H and O–H groups in total. The molecule has 0 aromatic heterocycles. The minimum atomic E-state index is -3.51. The molecule has 0 bridgehead atoms. The van der Waals surface area contributed by atoms with Crippen LogP contribution < -0.4 is 9.47 Å². The molecule has 2 aromatic rings. The molecule has 182 valence electrons. The van der Waals surface area contributed by atoms with Crippen molar-refractivity contribution in [2.45, 2.75) is 37.6 Å². The predicted octanol–water partition coefficient (Wildman–Crippen LogP) is 2.26. The van der Waals surface area contributed by atoms with Gasteiger partial charge >= 0.3 is 0 Å². The van der Waals surface area contributed by atoms with E-state index in [1.165, 1.54) is 5.56 Å². The van der Waals surface area contributed by atoms with Gasteiger partial charge in [-0.15, -0.1) is 0 Å². The van der Waals surface area contributed by atoms with E-state index in [2.05, 4.69) is 0 Å². The molecule has 9 heteroatoms. The quantitative estimate of drug-likeness (QED) is 0.599. The van der Waals surface area contributed by atoms with Gasteiger partial charge in [0, 0.05) is 39.3 Å². The number of rotatable bonds is 7. The van der Waals surface area contributed by atoms with Crippen LogP contribution in [0.5, 0.6) is 11.5 Å². The maximum absolute atomic E-state index is 13.2. The van der Waals surface area contributed by atoms with Gasteiger partial charge in [0.15, 0.2) is 11.5 Å². The number of amides is 1. The number of hydrogen-bond donors (Lipinski definition) is 0. The van der Waals surface area contributed by atoms with Crippen molar-refractivity contribution in [1.29, 1.82) is 0 Å². The van der Waals surface area contributed by atoms with E-state index < -0.39 is 10.0 Å². The number of fused-ring (bicyclic) bond motifs is 2. The Morgan fingerprint density at radius 1 is 0.971 bits per heavy atom. The fraction of sp³-hybridized carbons (Fsp3) is 0.480. The summed E-state index contributed by atoms with van der Waals surface area (Å²) in [4.78, 5) is 17.2. The molecule has 8 nitrogen and oxygen atoms in total. The van der Waals surface area contributed by atoms with Crippen molar-refractivity contribution in [3.63, 3.8) is 0 Å². The molecule has 0 spiro atoms. The molecule has 1 fully saturated rings. The first kappa shape index (κ1) is 23.1. The van der Waals surface area contributed by atoms with Crippen molar-refractivity contribution in [3.8, 4) is 11.5 Å². The first-order valence-corrected chi connectivity index (χ1v) is 13.4. The van der Waals surface area contributed by atoms with Crippen LogP contribution in [0.3, 0.4) is 0 Å². The maximum atomic E-state index is 13.2. The van der Waals surface area contributed by atoms with Crippen LogP contribution in [0, 0.1) is 0 Å². The lowest BCUT2D eigenvalue weighted by molar-refractivity contribution is -0.133. The minimum Gasteiger partial charge on any atom is -0.454 e. The summed E-state index contributed by atoms with van der Waals surface area (Å²) in [6.45, 7) is 5.43. The topological polar surface area (TPSA) is 79.4 Å². The van der Waals surface area contributed by atoms with E-state index in [0.717, 1.165) is 36.1 Å². The van der Waals surface area contributed by atoms with Gasteiger partial charge in [0.05, 0.1) is 11.4 Å². The van der Waals surface area contributed by atoms with Gasteiger partial charge in [-0.3, -0.25) is 9.69 Å². The van der Waals surface area contributed by atoms with E-state index in [0.29, 0.717) is 49.9 Å². The number of hydrogen-bond acceptors (Lipinski definition) is 6. The summed E-state index contributed by atoms with van der Waals surface area (Å²) in [6, 6.07) is 11.3. The average molecular weight is 486 g/mol. The molecule has 2 aromatic carbocycles. The van der Waals surface area contributed by atoms with Crippen LogP contribution in [-0.2, 0) is 34.2 Å². The molecule has 2 heterocycles. The third-order valence-corrected chi connectivity index (χ3v) is 8.84. The fourth-order valence-electron chi connectivity index (χ4n) is 4.91. The van der Waals surface area contributed by atoms with Crippen molar-refractivity contribution >= 4 is 15.9 Å². The Morgan fingerprint density at radius 3 is 2.53 bits per heavy atom. The summed E-state index contributed by atoms with van der Waals surface area (Å²) < 4.78 is 38.7. The van der Waals surface area contributed by atoms with Crippen LogP contribution in [0.1, 0.15) is 30.0 Å². The largest absolute Gasteiger partial charge is 0.454 e. The molecule has 0 unspecified atom stereocenters. The average Bonchev–Trinajstić information content (AvgIpc) is 3.51. The third kappa shape index (κ3) is 4.64. The fourth-order valence-corrected chi connectivity index (χ4v) is 6.39. The van der Waals surface area contributed by atoms with E-state index in [4.69, 9.17) is 9.47 Å². The number of carbonyl (C=O) groups is 1. The Hall–Kier alpha value is -2.62. The lowest BCUT2D eigenvalue weighted by Crippen LogP contribution is -2.51. The highest BCUT2D eigenvalue weighted by atomic mass is 32.2. The molecular formula is C25H31N3O5S. The molecular weight excluding hydrogens is 454 g/mol. The second kappa shape index (κ2) is 9.56. The Balaban J connectivity index is 1.16. The number of benzene rings is 2. The van der Waals surface area contributed by atoms with Crippen LogP contribution in [0.2, 0.25) is 0 Å². The van der Waals surface area contributed by atoms with Crippen molar-refractivity contribution in [2.24, 2.45) is 0 Å². The maximum Gasteiger partial charge on any atom is 0.243 e. The van der Waals surface area contributed by atoms with E-state index in [1.807, 2.05) is 47.1 Å². The number of sulfonamides is 1. The molecule has 0 saturated carbocycles. The van der Waals surface area contributed by atoms with Crippen LogP contribution >= 0.6 is 0 Å². The molecule has 0 atom stereocenters. The van der Waals surface area contributed by atoms with Gasteiger partial charge in [-0.05, 0) is 67.1 Å². The molecule has 2 aliphatic heterocycles. The Kier molecular flexibility index (Phi) is 6.50. The zero-order chi connectivity index (χ0) is 23.7. The van der Waals surface area contributed by atoms with Gasteiger partial charge in [0.2, 0.25) is 22.7 Å². The summed E-state index contributed by atoms with van der Waals surface area (Å²) in [5, 5.41) is 0. The lowest BCUT2D eigenvalue weighted by atomic mass is 10.1. The molecule has 1 saturated heterocycles. The molecule has 1 aliphatic carbocycles. The first-order chi connectivity index (χ1) is 16.4. The molecule has 3 aliphatic rings. The van der Waals surface area contributed by atoms with Gasteiger partial charge in [0.1, 0.15) is 0 Å². The van der Waals surface area contributed by atoms with Crippen LogP contribution in [-0.4, -0.2) is 74.5 Å². The second-order valence-electron chi connectivity index (χ2n) is 9.06. The van der Waals surface area contributed by atoms with Crippen molar-refractivity contribution in [2.75, 3.05) is 46.1 Å². The summed E-state index contributed by atoms with van der Waals surface area (Å²) >= 11 is 0. The number of aryl methyl sites for hydroxylation is 2. The van der Waals surface area contributed by atoms with Gasteiger partial charge < -0.3 is 14.4 Å². The van der Waals surface area contributed by atoms with Crippen LogP contribution in [0.4, 0.5) is 0 Å². The van der Waals surface area contributed by atoms with E-state index in [-0.39, 0.29) is 19.2 Å². The number of piperazine rings is 1. The van der Waals surface area contributed by atoms with E-state index in [9.17, 15) is 13.2 Å². The Bertz CT molecular complexity index is 1180. The standard InChI is InChI=1S/C25H31N3O5S/c1-2-27(16-19-6-9-23-24(14-19)33-18-32-23)25(29)17-26-10-12-28(13-11-26)34(30,31)22-8-7-20-4-3-5-21(20)15-22/h6-9,14-15H,2-5,10-13,16-18H2,1H3. The number of nitrogens with zero attached hydrogens (tertiary/aromatic N) is 3. The minimum absolute atomic E-state index is 0.0371. The monoisotopic (exact) mass is 485 g/mol. The van der Waals surface area contributed by atoms with Crippen molar-refractivity contribution < 1.29 is 22.7 Å². The van der Waals surface area contributed by atoms with E-state index in [1.54, 1.807) is 10.4 Å². The highest BCUT2D eigenvalue weighted by molar-refractivity contribution is 7.89. The zero-order valence-corrected chi connectivity index (χ0v) is 20.3. The number of carbonyl (C=O) groups excluding carboxylic acids is 1. The summed E-state index contributed by atoms with van der Waals surface area (Å²) in [5.41, 5.74) is 3.42.